The van der Waals surface area contributed by atoms with E-state index in [9.17, 15) is 36.0 Å². The molecule has 2 aromatic rings. The molecule has 5 nitrogen and oxygen atoms in total. The summed E-state index contributed by atoms with van der Waals surface area (Å²) in [6.45, 7) is 4.22. The highest BCUT2D eigenvalue weighted by atomic mass is 32.2. The predicted octanol–water partition coefficient (Wildman–Crippen LogP) is 6.74. The van der Waals surface area contributed by atoms with E-state index in [0.717, 1.165) is 17.8 Å². The third-order valence-electron chi connectivity index (χ3n) is 4.99. The maximum atomic E-state index is 13.4. The summed E-state index contributed by atoms with van der Waals surface area (Å²) in [7, 11) is 1.47. The molecule has 12 heteroatoms. The van der Waals surface area contributed by atoms with Gasteiger partial charge >= 0.3 is 17.9 Å². The van der Waals surface area contributed by atoms with E-state index in [1.54, 1.807) is 24.3 Å². The number of nitrogens with zero attached hydrogens (tertiary/aromatic N) is 2. The van der Waals surface area contributed by atoms with Gasteiger partial charge in [-0.25, -0.2) is 0 Å². The number of carbonyl (C=O) groups excluding carboxylic acids is 1. The Kier molecular flexibility index (Phi) is 10.8. The maximum absolute atomic E-state index is 13.4. The van der Waals surface area contributed by atoms with E-state index in [-0.39, 0.29) is 35.2 Å². The van der Waals surface area contributed by atoms with Crippen LogP contribution in [0.3, 0.4) is 0 Å². The predicted molar refractivity (Wildman–Crippen MR) is 127 cm³/mol. The lowest BCUT2D eigenvalue weighted by Gasteiger charge is -2.33. The van der Waals surface area contributed by atoms with Crippen LogP contribution in [0.2, 0.25) is 0 Å². The molecule has 1 aliphatic rings. The van der Waals surface area contributed by atoms with Gasteiger partial charge < -0.3 is 9.64 Å². The van der Waals surface area contributed by atoms with Gasteiger partial charge in [-0.2, -0.15) is 26.3 Å². The minimum absolute atomic E-state index is 0.0225. The van der Waals surface area contributed by atoms with E-state index in [4.69, 9.17) is 4.74 Å². The fourth-order valence-electron chi connectivity index (χ4n) is 3.40. The van der Waals surface area contributed by atoms with E-state index in [1.165, 1.54) is 17.2 Å². The molecule has 0 radical (unpaired) electrons. The number of fused-ring (bicyclic) bond motifs is 1. The summed E-state index contributed by atoms with van der Waals surface area (Å²) in [5.74, 6) is 0.394. The Bertz CT molecular complexity index is 1060. The normalized spacial score (nSPS) is 13.2. The Morgan fingerprint density at radius 1 is 1.06 bits per heavy atom. The number of thioether (sulfide) groups is 1. The second-order valence-corrected chi connectivity index (χ2v) is 8.04. The lowest BCUT2D eigenvalue weighted by atomic mass is 9.89. The van der Waals surface area contributed by atoms with Crippen molar-refractivity contribution in [1.82, 2.24) is 0 Å². The van der Waals surface area contributed by atoms with Crippen LogP contribution in [0.25, 0.3) is 0 Å². The molecule has 1 amide bonds. The number of benzene rings is 2. The van der Waals surface area contributed by atoms with Crippen LogP contribution in [-0.2, 0) is 16.8 Å². The molecule has 0 bridgehead atoms. The Morgan fingerprint density at radius 3 is 2.19 bits per heavy atom. The molecule has 2 aromatic carbocycles. The standard InChI is InChI=1S/C20H16F6N2O3S.C2H6.C2H2/c1-31-14-4-2-3-12(9-14)10-17(29)28-7-8-32-16-11-13(5-6-15(16)28)18(27-30,19(21,22)23)20(24,25)26;2*1-2/h2-6,9,11H,7-8,10H2,1H3;1-2H3;1-2H. The van der Waals surface area contributed by atoms with Crippen molar-refractivity contribution in [3.05, 3.63) is 58.5 Å². The number of terminal acetylenes is 1. The van der Waals surface area contributed by atoms with E-state index >= 15 is 0 Å². The SMILES string of the molecule is C#C.CC.COc1cccc(CC(=O)N2CCSc3cc(C(N=O)(C(F)(F)F)C(F)(F)F)ccc32)c1. The van der Waals surface area contributed by atoms with Crippen LogP contribution in [0.15, 0.2) is 52.5 Å². The molecule has 1 aliphatic heterocycles. The minimum Gasteiger partial charge on any atom is -0.497 e. The average Bonchev–Trinajstić information content (AvgIpc) is 2.85. The van der Waals surface area contributed by atoms with Crippen molar-refractivity contribution >= 4 is 23.4 Å². The molecule has 0 N–H and O–H groups in total. The summed E-state index contributed by atoms with van der Waals surface area (Å²) in [5, 5.41) is 1.51. The molecule has 0 unspecified atom stereocenters. The molecule has 0 spiro atoms. The number of carbonyl (C=O) groups is 1. The summed E-state index contributed by atoms with van der Waals surface area (Å²) in [6, 6.07) is 8.88. The highest BCUT2D eigenvalue weighted by molar-refractivity contribution is 7.99. The van der Waals surface area contributed by atoms with Crippen molar-refractivity contribution in [1.29, 1.82) is 0 Å². The maximum Gasteiger partial charge on any atom is 0.430 e. The molecule has 36 heavy (non-hydrogen) atoms. The van der Waals surface area contributed by atoms with Gasteiger partial charge in [-0.1, -0.05) is 32.0 Å². The fraction of sp³-hybridized carbons (Fsp3) is 0.375. The number of amides is 1. The van der Waals surface area contributed by atoms with Crippen LogP contribution in [0.4, 0.5) is 32.0 Å². The van der Waals surface area contributed by atoms with Crippen molar-refractivity contribution in [2.24, 2.45) is 5.18 Å². The first-order chi connectivity index (χ1) is 16.9. The number of methoxy groups -OCH3 is 1. The van der Waals surface area contributed by atoms with Gasteiger partial charge in [0.05, 0.1) is 19.2 Å². The van der Waals surface area contributed by atoms with Crippen LogP contribution >= 0.6 is 11.8 Å². The molecule has 0 saturated heterocycles. The van der Waals surface area contributed by atoms with Crippen LogP contribution < -0.4 is 9.64 Å². The van der Waals surface area contributed by atoms with E-state index in [1.807, 2.05) is 13.8 Å². The van der Waals surface area contributed by atoms with Crippen LogP contribution in [0.5, 0.6) is 5.75 Å². The molecular weight excluding hydrogens is 510 g/mol. The van der Waals surface area contributed by atoms with Gasteiger partial charge in [0.25, 0.3) is 0 Å². The monoisotopic (exact) mass is 534 g/mol. The molecule has 0 fully saturated rings. The minimum atomic E-state index is -6.00. The van der Waals surface area contributed by atoms with Crippen molar-refractivity contribution < 1.29 is 35.9 Å². The van der Waals surface area contributed by atoms with Gasteiger partial charge in [0.2, 0.25) is 5.91 Å². The number of alkyl halides is 6. The zero-order chi connectivity index (χ0) is 27.7. The number of hydrogen-bond acceptors (Lipinski definition) is 5. The first-order valence-corrected chi connectivity index (χ1v) is 11.4. The Balaban J connectivity index is 0.00000154. The molecule has 0 saturated carbocycles. The molecular formula is C24H24F6N2O3S. The number of hydrogen-bond donors (Lipinski definition) is 0. The molecule has 0 aliphatic carbocycles. The van der Waals surface area contributed by atoms with Crippen molar-refractivity contribution in [3.8, 4) is 18.6 Å². The number of halogens is 6. The highest BCUT2D eigenvalue weighted by Gasteiger charge is 2.74. The van der Waals surface area contributed by atoms with Crippen LogP contribution in [-0.4, -0.2) is 37.7 Å². The fourth-order valence-corrected chi connectivity index (χ4v) is 4.43. The smallest absolute Gasteiger partial charge is 0.430 e. The van der Waals surface area contributed by atoms with Gasteiger partial charge in [0.15, 0.2) is 0 Å². The molecule has 0 aromatic heterocycles. The van der Waals surface area contributed by atoms with Crippen molar-refractivity contribution in [3.63, 3.8) is 0 Å². The number of ether oxygens (including phenoxy) is 1. The van der Waals surface area contributed by atoms with Gasteiger partial charge in [0, 0.05) is 22.8 Å². The van der Waals surface area contributed by atoms with Crippen LogP contribution in [0.1, 0.15) is 25.0 Å². The Morgan fingerprint density at radius 2 is 1.67 bits per heavy atom. The second-order valence-electron chi connectivity index (χ2n) is 6.90. The highest BCUT2D eigenvalue weighted by Crippen LogP contribution is 2.54. The summed E-state index contributed by atoms with van der Waals surface area (Å²) < 4.78 is 85.5. The van der Waals surface area contributed by atoms with Crippen molar-refractivity contribution in [2.75, 3.05) is 24.3 Å². The van der Waals surface area contributed by atoms with Crippen molar-refractivity contribution in [2.45, 2.75) is 43.1 Å². The number of anilines is 1. The third-order valence-corrected chi connectivity index (χ3v) is 6.01. The third kappa shape index (κ3) is 6.13. The van der Waals surface area contributed by atoms with Gasteiger partial charge in [-0.15, -0.1) is 29.5 Å². The molecule has 196 valence electrons. The van der Waals surface area contributed by atoms with E-state index in [2.05, 4.69) is 12.8 Å². The Labute approximate surface area is 209 Å². The topological polar surface area (TPSA) is 59.0 Å². The average molecular weight is 535 g/mol. The molecule has 0 atom stereocenters. The summed E-state index contributed by atoms with van der Waals surface area (Å²) in [6.07, 6.45) is -4.04. The quantitative estimate of drug-likeness (QED) is 0.242. The lowest BCUT2D eigenvalue weighted by Crippen LogP contribution is -2.52. The zero-order valence-electron chi connectivity index (χ0n) is 19.6. The van der Waals surface area contributed by atoms with E-state index < -0.39 is 23.5 Å². The summed E-state index contributed by atoms with van der Waals surface area (Å²) in [5.41, 5.74) is -5.45. The summed E-state index contributed by atoms with van der Waals surface area (Å²) in [4.78, 5) is 25.1. The lowest BCUT2D eigenvalue weighted by molar-refractivity contribution is -0.301. The zero-order valence-corrected chi connectivity index (χ0v) is 20.4. The van der Waals surface area contributed by atoms with E-state index in [0.29, 0.717) is 23.4 Å². The molecule has 3 rings (SSSR count). The van der Waals surface area contributed by atoms with Gasteiger partial charge in [0.1, 0.15) is 5.75 Å². The van der Waals surface area contributed by atoms with Crippen LogP contribution in [0, 0.1) is 17.8 Å². The number of nitroso groups, excluding NO2 is 1. The molecule has 1 heterocycles. The van der Waals surface area contributed by atoms with Gasteiger partial charge in [-0.05, 0) is 35.0 Å². The van der Waals surface area contributed by atoms with Gasteiger partial charge in [-0.3, -0.25) is 4.79 Å². The summed E-state index contributed by atoms with van der Waals surface area (Å²) >= 11 is 0.992. The second kappa shape index (κ2) is 12.7. The Hall–Kier alpha value is -3.20. The first-order valence-electron chi connectivity index (χ1n) is 10.5. The number of rotatable bonds is 5. The first kappa shape index (κ1) is 30.8. The largest absolute Gasteiger partial charge is 0.497 e.